The Labute approximate surface area is 145 Å². The number of piperidine rings is 1. The second-order valence-corrected chi connectivity index (χ2v) is 8.35. The van der Waals surface area contributed by atoms with Gasteiger partial charge in [0.15, 0.2) is 0 Å². The summed E-state index contributed by atoms with van der Waals surface area (Å²) in [7, 11) is -3.41. The first-order valence-corrected chi connectivity index (χ1v) is 10.3. The molecule has 0 aliphatic carbocycles. The van der Waals surface area contributed by atoms with Crippen molar-refractivity contribution in [2.75, 3.05) is 13.1 Å². The highest BCUT2D eigenvalue weighted by atomic mass is 32.2. The van der Waals surface area contributed by atoms with Crippen molar-refractivity contribution in [2.24, 2.45) is 0 Å². The van der Waals surface area contributed by atoms with Gasteiger partial charge in [-0.15, -0.1) is 0 Å². The summed E-state index contributed by atoms with van der Waals surface area (Å²) in [4.78, 5) is 11.8. The van der Waals surface area contributed by atoms with Gasteiger partial charge in [0.2, 0.25) is 15.9 Å². The normalized spacial score (nSPS) is 19.2. The maximum Gasteiger partial charge on any atom is 0.243 e. The lowest BCUT2D eigenvalue weighted by atomic mass is 10.1. The van der Waals surface area contributed by atoms with Crippen LogP contribution in [0.2, 0.25) is 0 Å². The van der Waals surface area contributed by atoms with Gasteiger partial charge in [0.05, 0.1) is 4.90 Å². The molecule has 0 spiro atoms. The average molecular weight is 353 g/mol. The number of carbonyl (C=O) groups is 1. The minimum atomic E-state index is -3.41. The van der Waals surface area contributed by atoms with E-state index in [0.29, 0.717) is 30.8 Å². The zero-order valence-electron chi connectivity index (χ0n) is 14.6. The van der Waals surface area contributed by atoms with E-state index in [4.69, 9.17) is 0 Å². The standard InChI is InChI=1S/C18H28N2O3S/c1-3-6-18(21)19-13-12-16-8-10-17(11-9-16)24(22,23)20-14-5-4-7-15(20)2/h8-11,15H,3-7,12-14H2,1-2H3,(H,19,21). The van der Waals surface area contributed by atoms with Crippen molar-refractivity contribution >= 4 is 15.9 Å². The summed E-state index contributed by atoms with van der Waals surface area (Å²) < 4.78 is 27.1. The fraction of sp³-hybridized carbons (Fsp3) is 0.611. The van der Waals surface area contributed by atoms with Gasteiger partial charge in [-0.1, -0.05) is 25.5 Å². The zero-order valence-corrected chi connectivity index (χ0v) is 15.4. The van der Waals surface area contributed by atoms with E-state index < -0.39 is 10.0 Å². The van der Waals surface area contributed by atoms with Gasteiger partial charge in [-0.05, 0) is 50.3 Å². The van der Waals surface area contributed by atoms with E-state index in [1.807, 2.05) is 26.0 Å². The molecule has 1 heterocycles. The van der Waals surface area contributed by atoms with Crippen LogP contribution < -0.4 is 5.32 Å². The number of hydrogen-bond donors (Lipinski definition) is 1. The van der Waals surface area contributed by atoms with E-state index in [0.717, 1.165) is 31.2 Å². The van der Waals surface area contributed by atoms with Crippen LogP contribution in [0.15, 0.2) is 29.2 Å². The van der Waals surface area contributed by atoms with Gasteiger partial charge >= 0.3 is 0 Å². The number of rotatable bonds is 7. The van der Waals surface area contributed by atoms with E-state index in [-0.39, 0.29) is 11.9 Å². The summed E-state index contributed by atoms with van der Waals surface area (Å²) in [5.41, 5.74) is 1.03. The largest absolute Gasteiger partial charge is 0.356 e. The smallest absolute Gasteiger partial charge is 0.243 e. The SMILES string of the molecule is CCCC(=O)NCCc1ccc(S(=O)(=O)N2CCCCC2C)cc1. The number of hydrogen-bond acceptors (Lipinski definition) is 3. The molecule has 0 saturated carbocycles. The summed E-state index contributed by atoms with van der Waals surface area (Å²) in [6.07, 6.45) is 5.04. The highest BCUT2D eigenvalue weighted by Gasteiger charge is 2.30. The quantitative estimate of drug-likeness (QED) is 0.820. The molecule has 1 fully saturated rings. The minimum Gasteiger partial charge on any atom is -0.356 e. The number of sulfonamides is 1. The highest BCUT2D eigenvalue weighted by Crippen LogP contribution is 2.25. The lowest BCUT2D eigenvalue weighted by Crippen LogP contribution is -2.41. The molecule has 0 bridgehead atoms. The molecule has 1 aromatic carbocycles. The monoisotopic (exact) mass is 352 g/mol. The number of carbonyl (C=O) groups excluding carboxylic acids is 1. The van der Waals surface area contributed by atoms with E-state index in [1.54, 1.807) is 16.4 Å². The Kier molecular flexibility index (Phi) is 6.80. The van der Waals surface area contributed by atoms with Gasteiger partial charge in [-0.25, -0.2) is 8.42 Å². The Morgan fingerprint density at radius 2 is 1.96 bits per heavy atom. The average Bonchev–Trinajstić information content (AvgIpc) is 2.56. The molecule has 1 unspecified atom stereocenters. The van der Waals surface area contributed by atoms with Crippen molar-refractivity contribution in [1.29, 1.82) is 0 Å². The summed E-state index contributed by atoms with van der Waals surface area (Å²) in [5, 5.41) is 2.87. The molecule has 0 radical (unpaired) electrons. The van der Waals surface area contributed by atoms with Crippen molar-refractivity contribution in [3.8, 4) is 0 Å². The van der Waals surface area contributed by atoms with Crippen LogP contribution >= 0.6 is 0 Å². The zero-order chi connectivity index (χ0) is 17.6. The number of nitrogens with zero attached hydrogens (tertiary/aromatic N) is 1. The van der Waals surface area contributed by atoms with Gasteiger partial charge in [0, 0.05) is 25.6 Å². The molecular weight excluding hydrogens is 324 g/mol. The van der Waals surface area contributed by atoms with Crippen LogP contribution in [0.1, 0.15) is 51.5 Å². The fourth-order valence-electron chi connectivity index (χ4n) is 3.05. The van der Waals surface area contributed by atoms with Gasteiger partial charge in [-0.3, -0.25) is 4.79 Å². The van der Waals surface area contributed by atoms with Crippen molar-refractivity contribution in [3.05, 3.63) is 29.8 Å². The highest BCUT2D eigenvalue weighted by molar-refractivity contribution is 7.89. The minimum absolute atomic E-state index is 0.0655. The molecule has 1 aromatic rings. The Balaban J connectivity index is 1.97. The van der Waals surface area contributed by atoms with E-state index in [9.17, 15) is 13.2 Å². The predicted molar refractivity (Wildman–Crippen MR) is 95.3 cm³/mol. The number of nitrogens with one attached hydrogen (secondary N) is 1. The Morgan fingerprint density at radius 3 is 2.58 bits per heavy atom. The Hall–Kier alpha value is -1.40. The van der Waals surface area contributed by atoms with Gasteiger partial charge < -0.3 is 5.32 Å². The van der Waals surface area contributed by atoms with Crippen molar-refractivity contribution in [2.45, 2.75) is 63.3 Å². The van der Waals surface area contributed by atoms with Crippen LogP contribution in [-0.2, 0) is 21.2 Å². The van der Waals surface area contributed by atoms with Gasteiger partial charge in [0.25, 0.3) is 0 Å². The molecular formula is C18H28N2O3S. The van der Waals surface area contributed by atoms with E-state index in [2.05, 4.69) is 5.32 Å². The summed E-state index contributed by atoms with van der Waals surface area (Å²) in [6, 6.07) is 7.11. The molecule has 2 rings (SSSR count). The second kappa shape index (κ2) is 8.62. The molecule has 5 nitrogen and oxygen atoms in total. The van der Waals surface area contributed by atoms with Crippen LogP contribution in [0.5, 0.6) is 0 Å². The molecule has 6 heteroatoms. The summed E-state index contributed by atoms with van der Waals surface area (Å²) >= 11 is 0. The first-order valence-electron chi connectivity index (χ1n) is 8.82. The van der Waals surface area contributed by atoms with E-state index >= 15 is 0 Å². The van der Waals surface area contributed by atoms with Crippen LogP contribution in [0, 0.1) is 0 Å². The fourth-order valence-corrected chi connectivity index (χ4v) is 4.75. The molecule has 0 aromatic heterocycles. The summed E-state index contributed by atoms with van der Waals surface area (Å²) in [5.74, 6) is 0.0655. The van der Waals surface area contributed by atoms with Crippen molar-refractivity contribution in [3.63, 3.8) is 0 Å². The first-order chi connectivity index (χ1) is 11.4. The Bertz CT molecular complexity index is 641. The molecule has 134 valence electrons. The maximum atomic E-state index is 12.8. The van der Waals surface area contributed by atoms with Crippen LogP contribution in [-0.4, -0.2) is 37.8 Å². The van der Waals surface area contributed by atoms with Crippen LogP contribution in [0.4, 0.5) is 0 Å². The molecule has 24 heavy (non-hydrogen) atoms. The molecule has 1 atom stereocenters. The lowest BCUT2D eigenvalue weighted by Gasteiger charge is -2.32. The van der Waals surface area contributed by atoms with Crippen LogP contribution in [0.3, 0.4) is 0 Å². The van der Waals surface area contributed by atoms with Crippen LogP contribution in [0.25, 0.3) is 0 Å². The Morgan fingerprint density at radius 1 is 1.25 bits per heavy atom. The predicted octanol–water partition coefficient (Wildman–Crippen LogP) is 2.71. The van der Waals surface area contributed by atoms with Gasteiger partial charge in [-0.2, -0.15) is 4.31 Å². The summed E-state index contributed by atoms with van der Waals surface area (Å²) in [6.45, 7) is 5.13. The third-order valence-electron chi connectivity index (χ3n) is 4.48. The van der Waals surface area contributed by atoms with E-state index in [1.165, 1.54) is 0 Å². The first kappa shape index (κ1) is 18.9. The molecule has 1 N–H and O–H groups in total. The third kappa shape index (κ3) is 4.80. The van der Waals surface area contributed by atoms with Crippen molar-refractivity contribution in [1.82, 2.24) is 9.62 Å². The topological polar surface area (TPSA) is 66.5 Å². The molecule has 1 saturated heterocycles. The molecule has 1 amide bonds. The molecule has 1 aliphatic rings. The third-order valence-corrected chi connectivity index (χ3v) is 6.51. The second-order valence-electron chi connectivity index (χ2n) is 6.45. The van der Waals surface area contributed by atoms with Crippen molar-refractivity contribution < 1.29 is 13.2 Å². The number of amides is 1. The number of benzene rings is 1. The maximum absolute atomic E-state index is 12.8. The van der Waals surface area contributed by atoms with Gasteiger partial charge in [0.1, 0.15) is 0 Å². The lowest BCUT2D eigenvalue weighted by molar-refractivity contribution is -0.121. The molecule has 1 aliphatic heterocycles.